The zero-order valence-electron chi connectivity index (χ0n) is 17.6. The molecule has 0 radical (unpaired) electrons. The van der Waals surface area contributed by atoms with Crippen LogP contribution in [0.4, 0.5) is 0 Å². The molecule has 2 N–H and O–H groups in total. The summed E-state index contributed by atoms with van der Waals surface area (Å²) in [5.74, 6) is 1.49. The molecule has 2 heterocycles. The molecule has 0 aromatic carbocycles. The number of nitrogens with one attached hydrogen (secondary N) is 2. The Morgan fingerprint density at radius 2 is 2.29 bits per heavy atom. The van der Waals surface area contributed by atoms with Crippen LogP contribution < -0.4 is 5.32 Å². The van der Waals surface area contributed by atoms with E-state index < -0.39 is 0 Å². The molecule has 0 bridgehead atoms. The van der Waals surface area contributed by atoms with Gasteiger partial charge in [-0.2, -0.15) is 0 Å². The second-order valence-electron chi connectivity index (χ2n) is 8.79. The molecule has 1 saturated heterocycles. The minimum Gasteiger partial charge on any atom is -0.372 e. The number of aldehydes is 1. The van der Waals surface area contributed by atoms with Gasteiger partial charge in [0.05, 0.1) is 24.6 Å². The molecule has 0 amide bonds. The molecular weight excluding hydrogens is 352 g/mol. The van der Waals surface area contributed by atoms with Crippen LogP contribution in [0.5, 0.6) is 0 Å². The molecule has 2 aliphatic rings. The van der Waals surface area contributed by atoms with E-state index in [4.69, 9.17) is 4.74 Å². The highest BCUT2D eigenvalue weighted by Gasteiger charge is 2.40. The molecule has 1 aliphatic heterocycles. The van der Waals surface area contributed by atoms with Gasteiger partial charge < -0.3 is 24.7 Å². The summed E-state index contributed by atoms with van der Waals surface area (Å²) in [6.07, 6.45) is 14.6. The maximum absolute atomic E-state index is 11.5. The molecule has 0 unspecified atom stereocenters. The fourth-order valence-corrected chi connectivity index (χ4v) is 4.98. The van der Waals surface area contributed by atoms with Crippen LogP contribution in [0.2, 0.25) is 0 Å². The maximum Gasteiger partial charge on any atom is 0.137 e. The Balaban J connectivity index is 1.54. The summed E-state index contributed by atoms with van der Waals surface area (Å²) in [7, 11) is 2.23. The molecule has 158 valence electrons. The summed E-state index contributed by atoms with van der Waals surface area (Å²) in [5, 5.41) is 3.43. The number of ether oxygens (including phenoxy) is 1. The lowest BCUT2D eigenvalue weighted by molar-refractivity contribution is -0.127. The molecule has 6 nitrogen and oxygen atoms in total. The van der Waals surface area contributed by atoms with E-state index >= 15 is 0 Å². The lowest BCUT2D eigenvalue weighted by atomic mass is 9.71. The lowest BCUT2D eigenvalue weighted by Crippen LogP contribution is -2.51. The van der Waals surface area contributed by atoms with Crippen molar-refractivity contribution in [3.63, 3.8) is 0 Å². The second-order valence-corrected chi connectivity index (χ2v) is 8.79. The average molecular weight is 391 g/mol. The van der Waals surface area contributed by atoms with Crippen LogP contribution in [-0.2, 0) is 16.0 Å². The van der Waals surface area contributed by atoms with Crippen molar-refractivity contribution in [1.82, 2.24) is 20.2 Å². The third-order valence-corrected chi connectivity index (χ3v) is 6.53. The van der Waals surface area contributed by atoms with E-state index in [1.165, 1.54) is 38.5 Å². The van der Waals surface area contributed by atoms with E-state index in [0.29, 0.717) is 18.4 Å². The minimum absolute atomic E-state index is 0.196. The van der Waals surface area contributed by atoms with Crippen molar-refractivity contribution in [3.8, 4) is 0 Å². The monoisotopic (exact) mass is 390 g/mol. The quantitative estimate of drug-likeness (QED) is 0.569. The fourth-order valence-electron chi connectivity index (χ4n) is 4.98. The van der Waals surface area contributed by atoms with Crippen molar-refractivity contribution in [1.29, 1.82) is 0 Å². The van der Waals surface area contributed by atoms with Gasteiger partial charge in [0.2, 0.25) is 0 Å². The summed E-state index contributed by atoms with van der Waals surface area (Å²) < 4.78 is 6.60. The first-order valence-electron chi connectivity index (χ1n) is 11.2. The van der Waals surface area contributed by atoms with Crippen molar-refractivity contribution in [2.75, 3.05) is 26.7 Å². The van der Waals surface area contributed by atoms with Crippen LogP contribution in [0.1, 0.15) is 57.6 Å². The number of H-pyrrole nitrogens is 1. The first-order valence-corrected chi connectivity index (χ1v) is 11.2. The number of hydrogen-bond acceptors (Lipinski definition) is 5. The van der Waals surface area contributed by atoms with E-state index in [1.807, 2.05) is 0 Å². The largest absolute Gasteiger partial charge is 0.372 e. The number of fused-ring (bicyclic) bond motifs is 1. The molecule has 6 heteroatoms. The predicted molar refractivity (Wildman–Crippen MR) is 111 cm³/mol. The number of rotatable bonds is 11. The van der Waals surface area contributed by atoms with Crippen LogP contribution in [0, 0.1) is 11.8 Å². The smallest absolute Gasteiger partial charge is 0.137 e. The minimum atomic E-state index is -0.196. The topological polar surface area (TPSA) is 70.2 Å². The summed E-state index contributed by atoms with van der Waals surface area (Å²) in [6.45, 7) is 5.17. The number of aromatic amines is 1. The highest BCUT2D eigenvalue weighted by atomic mass is 16.5. The Bertz CT molecular complexity index is 565. The van der Waals surface area contributed by atoms with Gasteiger partial charge >= 0.3 is 0 Å². The molecule has 3 rings (SSSR count). The van der Waals surface area contributed by atoms with Gasteiger partial charge in [0, 0.05) is 31.4 Å². The summed E-state index contributed by atoms with van der Waals surface area (Å²) in [4.78, 5) is 21.1. The SMILES string of the molecule is CCCCN(C)C[C@H]1O[C@@H](CN[C@H](C=O)Cc2cnc[nH]2)C[C@H]2CCCC[C@@H]21. The third-order valence-electron chi connectivity index (χ3n) is 6.53. The molecule has 5 atom stereocenters. The molecule has 2 fully saturated rings. The Hall–Kier alpha value is -1.24. The summed E-state index contributed by atoms with van der Waals surface area (Å²) in [6, 6.07) is -0.196. The Labute approximate surface area is 169 Å². The number of imidazole rings is 1. The van der Waals surface area contributed by atoms with Crippen molar-refractivity contribution < 1.29 is 9.53 Å². The first kappa shape index (κ1) is 21.5. The number of hydrogen-bond donors (Lipinski definition) is 2. The molecule has 0 spiro atoms. The number of unbranched alkanes of at least 4 members (excludes halogenated alkanes) is 1. The Kier molecular flexibility index (Phi) is 8.49. The zero-order valence-corrected chi connectivity index (χ0v) is 17.6. The van der Waals surface area contributed by atoms with Gasteiger partial charge in [-0.05, 0) is 51.1 Å². The molecular formula is C22H38N4O2. The van der Waals surface area contributed by atoms with Gasteiger partial charge in [-0.25, -0.2) is 4.98 Å². The van der Waals surface area contributed by atoms with Gasteiger partial charge in [0.1, 0.15) is 6.29 Å². The first-order chi connectivity index (χ1) is 13.7. The second kappa shape index (κ2) is 11.1. The standard InChI is InChI=1S/C22H38N4O2/c1-3-4-9-26(2)14-22-21-8-6-5-7-17(21)10-20(28-22)13-24-19(15-27)11-18-12-23-16-25-18/h12,15-17,19-22,24H,3-11,13-14H2,1-2H3,(H,23,25)/t17-,19+,20-,21+,22-/m1/s1. The van der Waals surface area contributed by atoms with Crippen molar-refractivity contribution in [3.05, 3.63) is 18.2 Å². The Morgan fingerprint density at radius 1 is 1.43 bits per heavy atom. The van der Waals surface area contributed by atoms with E-state index in [0.717, 1.165) is 44.0 Å². The average Bonchev–Trinajstić information content (AvgIpc) is 3.22. The van der Waals surface area contributed by atoms with E-state index in [-0.39, 0.29) is 12.1 Å². The molecule has 1 aromatic rings. The van der Waals surface area contributed by atoms with Gasteiger partial charge in [0.15, 0.2) is 0 Å². The van der Waals surface area contributed by atoms with Crippen molar-refractivity contribution >= 4 is 6.29 Å². The lowest BCUT2D eigenvalue weighted by Gasteiger charge is -2.46. The van der Waals surface area contributed by atoms with Crippen molar-refractivity contribution in [2.24, 2.45) is 11.8 Å². The third kappa shape index (κ3) is 6.13. The van der Waals surface area contributed by atoms with E-state index in [1.54, 1.807) is 12.5 Å². The fraction of sp³-hybridized carbons (Fsp3) is 0.818. The number of carbonyl (C=O) groups excluding carboxylic acids is 1. The number of aromatic nitrogens is 2. The van der Waals surface area contributed by atoms with Crippen molar-refractivity contribution in [2.45, 2.75) is 76.5 Å². The molecule has 1 aliphatic carbocycles. The summed E-state index contributed by atoms with van der Waals surface area (Å²) in [5.41, 5.74) is 0.983. The summed E-state index contributed by atoms with van der Waals surface area (Å²) >= 11 is 0. The van der Waals surface area contributed by atoms with Crippen LogP contribution in [0.25, 0.3) is 0 Å². The normalized spacial score (nSPS) is 28.8. The molecule has 1 aromatic heterocycles. The highest BCUT2D eigenvalue weighted by Crippen LogP contribution is 2.41. The van der Waals surface area contributed by atoms with E-state index in [9.17, 15) is 4.79 Å². The predicted octanol–water partition coefficient (Wildman–Crippen LogP) is 2.81. The van der Waals surface area contributed by atoms with Gasteiger partial charge in [-0.1, -0.05) is 26.2 Å². The maximum atomic E-state index is 11.5. The molecule has 28 heavy (non-hydrogen) atoms. The van der Waals surface area contributed by atoms with Gasteiger partial charge in [-0.15, -0.1) is 0 Å². The molecule has 1 saturated carbocycles. The number of nitrogens with zero attached hydrogens (tertiary/aromatic N) is 2. The number of likely N-dealkylation sites (N-methyl/N-ethyl adjacent to an activating group) is 1. The van der Waals surface area contributed by atoms with Crippen LogP contribution in [0.15, 0.2) is 12.5 Å². The van der Waals surface area contributed by atoms with Gasteiger partial charge in [0.25, 0.3) is 0 Å². The van der Waals surface area contributed by atoms with Crippen LogP contribution in [0.3, 0.4) is 0 Å². The Morgan fingerprint density at radius 3 is 3.04 bits per heavy atom. The zero-order chi connectivity index (χ0) is 19.8. The van der Waals surface area contributed by atoms with Crippen LogP contribution >= 0.6 is 0 Å². The van der Waals surface area contributed by atoms with Gasteiger partial charge in [-0.3, -0.25) is 0 Å². The van der Waals surface area contributed by atoms with E-state index in [2.05, 4.69) is 34.2 Å². The highest BCUT2D eigenvalue weighted by molar-refractivity contribution is 5.58. The van der Waals surface area contributed by atoms with Crippen LogP contribution in [-0.4, -0.2) is 66.1 Å². The number of carbonyl (C=O) groups is 1.